The molecule has 1 aliphatic heterocycles. The lowest BCUT2D eigenvalue weighted by Crippen LogP contribution is -2.39. The number of nitrogens with two attached hydrogens (primary N) is 1. The minimum Gasteiger partial charge on any atom is -0.399 e. The Hall–Kier alpha value is -1.11. The van der Waals surface area contributed by atoms with Crippen LogP contribution in [0.15, 0.2) is 29.2 Å². The van der Waals surface area contributed by atoms with Gasteiger partial charge in [0.1, 0.15) is 0 Å². The maximum Gasteiger partial charge on any atom is 0.243 e. The van der Waals surface area contributed by atoms with Gasteiger partial charge < -0.3 is 10.8 Å². The van der Waals surface area contributed by atoms with Crippen molar-refractivity contribution in [1.82, 2.24) is 4.31 Å². The van der Waals surface area contributed by atoms with Gasteiger partial charge in [-0.05, 0) is 37.1 Å². The molecule has 5 nitrogen and oxygen atoms in total. The summed E-state index contributed by atoms with van der Waals surface area (Å²) in [7, 11) is -3.44. The molecule has 1 aromatic rings. The van der Waals surface area contributed by atoms with Crippen molar-refractivity contribution in [3.05, 3.63) is 24.3 Å². The highest BCUT2D eigenvalue weighted by molar-refractivity contribution is 7.89. The van der Waals surface area contributed by atoms with Crippen molar-refractivity contribution in [1.29, 1.82) is 0 Å². The van der Waals surface area contributed by atoms with Crippen molar-refractivity contribution in [2.24, 2.45) is 0 Å². The summed E-state index contributed by atoms with van der Waals surface area (Å²) < 4.78 is 25.8. The molecule has 1 heterocycles. The van der Waals surface area contributed by atoms with E-state index in [1.165, 1.54) is 16.4 Å². The number of aliphatic hydroxyl groups excluding tert-OH is 1. The van der Waals surface area contributed by atoms with E-state index in [2.05, 4.69) is 0 Å². The quantitative estimate of drug-likeness (QED) is 0.751. The van der Waals surface area contributed by atoms with E-state index in [4.69, 9.17) is 5.73 Å². The van der Waals surface area contributed by atoms with E-state index in [9.17, 15) is 13.5 Å². The Kier molecular flexibility index (Phi) is 3.37. The number of benzene rings is 1. The van der Waals surface area contributed by atoms with Gasteiger partial charge >= 0.3 is 0 Å². The smallest absolute Gasteiger partial charge is 0.243 e. The van der Waals surface area contributed by atoms with Crippen molar-refractivity contribution < 1.29 is 13.5 Å². The van der Waals surface area contributed by atoms with Gasteiger partial charge in [0.25, 0.3) is 0 Å². The van der Waals surface area contributed by atoms with Gasteiger partial charge in [-0.3, -0.25) is 0 Å². The van der Waals surface area contributed by atoms with E-state index in [1.54, 1.807) is 12.1 Å². The van der Waals surface area contributed by atoms with Gasteiger partial charge in [-0.25, -0.2) is 8.42 Å². The molecule has 0 atom stereocenters. The van der Waals surface area contributed by atoms with Crippen molar-refractivity contribution in [2.45, 2.75) is 23.8 Å². The molecule has 0 aliphatic carbocycles. The van der Waals surface area contributed by atoms with E-state index >= 15 is 0 Å². The maximum absolute atomic E-state index is 12.2. The maximum atomic E-state index is 12.2. The van der Waals surface area contributed by atoms with E-state index < -0.39 is 10.0 Å². The number of nitrogen functional groups attached to an aromatic ring is 1. The van der Waals surface area contributed by atoms with Gasteiger partial charge in [0.2, 0.25) is 10.0 Å². The summed E-state index contributed by atoms with van der Waals surface area (Å²) in [4.78, 5) is 0.253. The molecule has 1 aromatic carbocycles. The Balaban J connectivity index is 2.21. The van der Waals surface area contributed by atoms with Crippen LogP contribution in [0.5, 0.6) is 0 Å². The fourth-order valence-corrected chi connectivity index (χ4v) is 3.34. The molecule has 0 amide bonds. The summed E-state index contributed by atoms with van der Waals surface area (Å²) >= 11 is 0. The second kappa shape index (κ2) is 4.64. The van der Waals surface area contributed by atoms with Crippen LogP contribution in [0.3, 0.4) is 0 Å². The van der Waals surface area contributed by atoms with Crippen LogP contribution in [0, 0.1) is 0 Å². The summed E-state index contributed by atoms with van der Waals surface area (Å²) in [6, 6.07) is 6.17. The zero-order chi connectivity index (χ0) is 12.5. The molecule has 94 valence electrons. The average Bonchev–Trinajstić information content (AvgIpc) is 2.30. The lowest BCUT2D eigenvalue weighted by Gasteiger charge is -2.28. The Labute approximate surface area is 101 Å². The van der Waals surface area contributed by atoms with Crippen LogP contribution < -0.4 is 5.73 Å². The number of sulfonamides is 1. The van der Waals surface area contributed by atoms with Crippen molar-refractivity contribution in [3.63, 3.8) is 0 Å². The lowest BCUT2D eigenvalue weighted by molar-refractivity contribution is 0.113. The van der Waals surface area contributed by atoms with Crippen LogP contribution in [0.25, 0.3) is 0 Å². The molecule has 0 spiro atoms. The first kappa shape index (κ1) is 12.3. The third-order valence-electron chi connectivity index (χ3n) is 2.94. The minimum atomic E-state index is -3.44. The summed E-state index contributed by atoms with van der Waals surface area (Å²) in [5.74, 6) is 0. The molecule has 0 radical (unpaired) electrons. The number of rotatable bonds is 2. The molecule has 1 saturated heterocycles. The fraction of sp³-hybridized carbons (Fsp3) is 0.455. The van der Waals surface area contributed by atoms with Crippen molar-refractivity contribution in [2.75, 3.05) is 18.8 Å². The molecule has 0 saturated carbocycles. The third kappa shape index (κ3) is 2.59. The zero-order valence-corrected chi connectivity index (χ0v) is 10.2. The van der Waals surface area contributed by atoms with Crippen LogP contribution >= 0.6 is 0 Å². The van der Waals surface area contributed by atoms with E-state index in [-0.39, 0.29) is 11.0 Å². The Morgan fingerprint density at radius 3 is 2.24 bits per heavy atom. The number of piperidine rings is 1. The average molecular weight is 256 g/mol. The van der Waals surface area contributed by atoms with Gasteiger partial charge in [-0.2, -0.15) is 4.31 Å². The molecular weight excluding hydrogens is 240 g/mol. The molecule has 3 N–H and O–H groups in total. The monoisotopic (exact) mass is 256 g/mol. The first-order chi connectivity index (χ1) is 8.00. The highest BCUT2D eigenvalue weighted by atomic mass is 32.2. The van der Waals surface area contributed by atoms with Gasteiger partial charge in [0, 0.05) is 18.8 Å². The number of hydrogen-bond acceptors (Lipinski definition) is 4. The molecule has 2 rings (SSSR count). The Bertz CT molecular complexity index is 476. The SMILES string of the molecule is Nc1ccc(S(=O)(=O)N2CCC(O)CC2)cc1. The van der Waals surface area contributed by atoms with Crippen LogP contribution in [0.1, 0.15) is 12.8 Å². The summed E-state index contributed by atoms with van der Waals surface area (Å²) in [5.41, 5.74) is 6.06. The van der Waals surface area contributed by atoms with Crippen LogP contribution in [0.2, 0.25) is 0 Å². The number of nitrogens with zero attached hydrogens (tertiary/aromatic N) is 1. The molecule has 0 unspecified atom stereocenters. The van der Waals surface area contributed by atoms with E-state index in [0.717, 1.165) is 0 Å². The standard InChI is InChI=1S/C11H16N2O3S/c12-9-1-3-11(4-2-9)17(15,16)13-7-5-10(14)6-8-13/h1-4,10,14H,5-8,12H2. The molecule has 6 heteroatoms. The van der Waals surface area contributed by atoms with Crippen molar-refractivity contribution in [3.8, 4) is 0 Å². The Morgan fingerprint density at radius 1 is 1.18 bits per heavy atom. The minimum absolute atomic E-state index is 0.253. The largest absolute Gasteiger partial charge is 0.399 e. The summed E-state index contributed by atoms with van der Waals surface area (Å²) in [5, 5.41) is 9.36. The Morgan fingerprint density at radius 2 is 1.71 bits per heavy atom. The highest BCUT2D eigenvalue weighted by Gasteiger charge is 2.28. The molecule has 1 aliphatic rings. The zero-order valence-electron chi connectivity index (χ0n) is 9.41. The van der Waals surface area contributed by atoms with E-state index in [0.29, 0.717) is 31.6 Å². The number of aliphatic hydroxyl groups is 1. The van der Waals surface area contributed by atoms with Gasteiger partial charge in [-0.1, -0.05) is 0 Å². The molecule has 0 aromatic heterocycles. The van der Waals surface area contributed by atoms with Crippen LogP contribution in [-0.4, -0.2) is 37.0 Å². The summed E-state index contributed by atoms with van der Waals surface area (Å²) in [6.07, 6.45) is 0.607. The number of hydrogen-bond donors (Lipinski definition) is 2. The first-order valence-electron chi connectivity index (χ1n) is 5.54. The molecule has 1 fully saturated rings. The van der Waals surface area contributed by atoms with Gasteiger partial charge in [0.05, 0.1) is 11.0 Å². The molecule has 0 bridgehead atoms. The van der Waals surface area contributed by atoms with Crippen LogP contribution in [0.4, 0.5) is 5.69 Å². The predicted molar refractivity (Wildman–Crippen MR) is 64.9 cm³/mol. The first-order valence-corrected chi connectivity index (χ1v) is 6.98. The van der Waals surface area contributed by atoms with E-state index in [1.807, 2.05) is 0 Å². The molecular formula is C11H16N2O3S. The van der Waals surface area contributed by atoms with Crippen LogP contribution in [-0.2, 0) is 10.0 Å². The highest BCUT2D eigenvalue weighted by Crippen LogP contribution is 2.21. The molecule has 17 heavy (non-hydrogen) atoms. The second-order valence-corrected chi connectivity index (χ2v) is 6.14. The van der Waals surface area contributed by atoms with Crippen molar-refractivity contribution >= 4 is 15.7 Å². The second-order valence-electron chi connectivity index (χ2n) is 4.20. The van der Waals surface area contributed by atoms with Gasteiger partial charge in [0.15, 0.2) is 0 Å². The number of anilines is 1. The normalized spacial score (nSPS) is 19.4. The fourth-order valence-electron chi connectivity index (χ4n) is 1.87. The van der Waals surface area contributed by atoms with Gasteiger partial charge in [-0.15, -0.1) is 0 Å². The topological polar surface area (TPSA) is 83.6 Å². The third-order valence-corrected chi connectivity index (χ3v) is 4.85. The lowest BCUT2D eigenvalue weighted by atomic mass is 10.1. The summed E-state index contributed by atoms with van der Waals surface area (Å²) in [6.45, 7) is 0.738. The predicted octanol–water partition coefficient (Wildman–Crippen LogP) is 0.414.